The Morgan fingerprint density at radius 1 is 1.06 bits per heavy atom. The second-order valence-electron chi connectivity index (χ2n) is 7.98. The fourth-order valence-electron chi connectivity index (χ4n) is 4.23. The first-order chi connectivity index (χ1) is 17.0. The number of amides is 1. The summed E-state index contributed by atoms with van der Waals surface area (Å²) in [5.41, 5.74) is 1.67. The Morgan fingerprint density at radius 2 is 1.86 bits per heavy atom. The zero-order chi connectivity index (χ0) is 24.8. The van der Waals surface area contributed by atoms with Gasteiger partial charge >= 0.3 is 5.97 Å². The summed E-state index contributed by atoms with van der Waals surface area (Å²) in [4.78, 5) is 27.5. The molecule has 1 amide bonds. The van der Waals surface area contributed by atoms with Crippen LogP contribution in [-0.4, -0.2) is 60.5 Å². The summed E-state index contributed by atoms with van der Waals surface area (Å²) in [6.07, 6.45) is 3.24. The molecule has 9 heteroatoms. The average molecular weight is 480 g/mol. The summed E-state index contributed by atoms with van der Waals surface area (Å²) in [7, 11) is 3.21. The van der Waals surface area contributed by atoms with Crippen molar-refractivity contribution in [2.24, 2.45) is 0 Å². The van der Waals surface area contributed by atoms with Gasteiger partial charge in [0.25, 0.3) is 5.91 Å². The number of benzene rings is 2. The highest BCUT2D eigenvalue weighted by atomic mass is 16.5. The number of carbonyl (C=O) groups excluding carboxylic acids is 2. The highest BCUT2D eigenvalue weighted by molar-refractivity contribution is 5.90. The van der Waals surface area contributed by atoms with Gasteiger partial charge < -0.3 is 23.8 Å². The monoisotopic (exact) mass is 479 g/mol. The summed E-state index contributed by atoms with van der Waals surface area (Å²) in [6, 6.07) is 14.7. The van der Waals surface area contributed by atoms with Gasteiger partial charge in [0.1, 0.15) is 11.5 Å². The van der Waals surface area contributed by atoms with E-state index in [2.05, 4.69) is 5.10 Å². The molecule has 1 saturated heterocycles. The van der Waals surface area contributed by atoms with Crippen molar-refractivity contribution in [3.8, 4) is 22.9 Å². The lowest BCUT2D eigenvalue weighted by Crippen LogP contribution is -2.34. The molecule has 1 aliphatic rings. The van der Waals surface area contributed by atoms with Crippen molar-refractivity contribution in [2.45, 2.75) is 25.8 Å². The van der Waals surface area contributed by atoms with E-state index in [1.54, 1.807) is 32.2 Å². The Morgan fingerprint density at radius 3 is 2.57 bits per heavy atom. The second kappa shape index (κ2) is 10.9. The van der Waals surface area contributed by atoms with E-state index in [4.69, 9.17) is 18.9 Å². The number of para-hydroxylation sites is 1. The molecule has 0 spiro atoms. The van der Waals surface area contributed by atoms with Crippen LogP contribution in [0, 0.1) is 0 Å². The molecule has 1 atom stereocenters. The minimum atomic E-state index is -0.607. The van der Waals surface area contributed by atoms with Crippen molar-refractivity contribution in [1.82, 2.24) is 14.7 Å². The topological polar surface area (TPSA) is 92.1 Å². The van der Waals surface area contributed by atoms with E-state index in [-0.39, 0.29) is 36.6 Å². The highest BCUT2D eigenvalue weighted by Crippen LogP contribution is 2.39. The number of nitrogens with zero attached hydrogens (tertiary/aromatic N) is 3. The molecule has 9 nitrogen and oxygen atoms in total. The van der Waals surface area contributed by atoms with Gasteiger partial charge in [0.2, 0.25) is 5.69 Å². The smallest absolute Gasteiger partial charge is 0.362 e. The fourth-order valence-corrected chi connectivity index (χ4v) is 4.23. The van der Waals surface area contributed by atoms with E-state index in [0.717, 1.165) is 24.1 Å². The van der Waals surface area contributed by atoms with Gasteiger partial charge in [-0.25, -0.2) is 9.48 Å². The minimum Gasteiger partial charge on any atom is -0.497 e. The van der Waals surface area contributed by atoms with Gasteiger partial charge in [0.05, 0.1) is 38.8 Å². The molecule has 184 valence electrons. The van der Waals surface area contributed by atoms with E-state index in [9.17, 15) is 9.59 Å². The fraction of sp³-hybridized carbons (Fsp3) is 0.346. The molecule has 0 saturated carbocycles. The molecule has 0 radical (unpaired) electrons. The zero-order valence-corrected chi connectivity index (χ0v) is 20.1. The summed E-state index contributed by atoms with van der Waals surface area (Å²) in [5.74, 6) is 0.786. The van der Waals surface area contributed by atoms with E-state index in [0.29, 0.717) is 18.0 Å². The first-order valence-corrected chi connectivity index (χ1v) is 11.5. The molecule has 1 aliphatic heterocycles. The summed E-state index contributed by atoms with van der Waals surface area (Å²) < 4.78 is 23.4. The number of aromatic nitrogens is 2. The van der Waals surface area contributed by atoms with E-state index >= 15 is 0 Å². The Balaban J connectivity index is 1.54. The van der Waals surface area contributed by atoms with Crippen LogP contribution in [0.15, 0.2) is 54.7 Å². The van der Waals surface area contributed by atoms with Gasteiger partial charge in [-0.05, 0) is 50.1 Å². The van der Waals surface area contributed by atoms with Crippen LogP contribution < -0.4 is 14.2 Å². The number of likely N-dealkylation sites (tertiary alicyclic amines) is 1. The molecule has 1 aromatic heterocycles. The SMILES string of the molecule is CCOC(=O)c1nn(-c2ccccc2)cc1OCC(=O)N1CCCC1c1cc(OC)ccc1OC. The summed E-state index contributed by atoms with van der Waals surface area (Å²) in [5, 5.41) is 4.34. The third-order valence-corrected chi connectivity index (χ3v) is 5.89. The number of hydrogen-bond acceptors (Lipinski definition) is 7. The van der Waals surface area contributed by atoms with Crippen LogP contribution in [0.25, 0.3) is 5.69 Å². The quantitative estimate of drug-likeness (QED) is 0.431. The maximum Gasteiger partial charge on any atom is 0.362 e. The number of hydrogen-bond donors (Lipinski definition) is 0. The van der Waals surface area contributed by atoms with Crippen LogP contribution in [-0.2, 0) is 9.53 Å². The van der Waals surface area contributed by atoms with Crippen molar-refractivity contribution in [3.05, 3.63) is 66.0 Å². The molecule has 4 rings (SSSR count). The van der Waals surface area contributed by atoms with Gasteiger partial charge in [0, 0.05) is 12.1 Å². The van der Waals surface area contributed by atoms with Crippen LogP contribution in [0.2, 0.25) is 0 Å². The van der Waals surface area contributed by atoms with Gasteiger partial charge in [0.15, 0.2) is 12.4 Å². The average Bonchev–Trinajstić information content (AvgIpc) is 3.55. The maximum atomic E-state index is 13.2. The Labute approximate surface area is 204 Å². The van der Waals surface area contributed by atoms with Crippen molar-refractivity contribution >= 4 is 11.9 Å². The van der Waals surface area contributed by atoms with Crippen LogP contribution in [0.3, 0.4) is 0 Å². The molecular formula is C26H29N3O6. The molecule has 1 unspecified atom stereocenters. The number of methoxy groups -OCH3 is 2. The number of ether oxygens (including phenoxy) is 4. The van der Waals surface area contributed by atoms with Crippen LogP contribution in [0.1, 0.15) is 41.9 Å². The van der Waals surface area contributed by atoms with Crippen LogP contribution in [0.4, 0.5) is 0 Å². The third kappa shape index (κ3) is 5.24. The van der Waals surface area contributed by atoms with Gasteiger partial charge in [-0.2, -0.15) is 5.10 Å². The maximum absolute atomic E-state index is 13.2. The molecule has 0 bridgehead atoms. The van der Waals surface area contributed by atoms with Crippen molar-refractivity contribution < 1.29 is 28.5 Å². The lowest BCUT2D eigenvalue weighted by Gasteiger charge is -2.26. The summed E-state index contributed by atoms with van der Waals surface area (Å²) in [6.45, 7) is 2.28. The molecule has 0 N–H and O–H groups in total. The van der Waals surface area contributed by atoms with Gasteiger partial charge in [-0.1, -0.05) is 18.2 Å². The molecule has 3 aromatic rings. The normalized spacial score (nSPS) is 15.1. The first kappa shape index (κ1) is 24.1. The number of carbonyl (C=O) groups is 2. The molecular weight excluding hydrogens is 450 g/mol. The van der Waals surface area contributed by atoms with E-state index < -0.39 is 5.97 Å². The van der Waals surface area contributed by atoms with Crippen LogP contribution in [0.5, 0.6) is 17.2 Å². The lowest BCUT2D eigenvalue weighted by molar-refractivity contribution is -0.134. The minimum absolute atomic E-state index is 0.0240. The molecule has 1 fully saturated rings. The van der Waals surface area contributed by atoms with E-state index in [1.807, 2.05) is 48.5 Å². The van der Waals surface area contributed by atoms with Gasteiger partial charge in [-0.3, -0.25) is 4.79 Å². The van der Waals surface area contributed by atoms with Crippen LogP contribution >= 0.6 is 0 Å². The molecule has 2 aromatic carbocycles. The van der Waals surface area contributed by atoms with Crippen molar-refractivity contribution in [2.75, 3.05) is 34.0 Å². The van der Waals surface area contributed by atoms with Gasteiger partial charge in [-0.15, -0.1) is 0 Å². The largest absolute Gasteiger partial charge is 0.497 e. The second-order valence-corrected chi connectivity index (χ2v) is 7.98. The highest BCUT2D eigenvalue weighted by Gasteiger charge is 2.33. The van der Waals surface area contributed by atoms with Crippen molar-refractivity contribution in [1.29, 1.82) is 0 Å². The zero-order valence-electron chi connectivity index (χ0n) is 20.1. The predicted octanol–water partition coefficient (Wildman–Crippen LogP) is 3.81. The molecule has 35 heavy (non-hydrogen) atoms. The Kier molecular flexibility index (Phi) is 7.54. The third-order valence-electron chi connectivity index (χ3n) is 5.89. The standard InChI is InChI=1S/C26H29N3O6/c1-4-34-26(31)25-23(16-29(27-25)18-9-6-5-7-10-18)35-17-24(30)28-14-8-11-21(28)20-15-19(32-2)12-13-22(20)33-3/h5-7,9-10,12-13,15-16,21H,4,8,11,14,17H2,1-3H3. The predicted molar refractivity (Wildman–Crippen MR) is 128 cm³/mol. The Bertz CT molecular complexity index is 1180. The molecule has 0 aliphatic carbocycles. The van der Waals surface area contributed by atoms with E-state index in [1.165, 1.54) is 4.68 Å². The molecule has 2 heterocycles. The van der Waals surface area contributed by atoms with Crippen molar-refractivity contribution in [3.63, 3.8) is 0 Å². The summed E-state index contributed by atoms with van der Waals surface area (Å²) >= 11 is 0. The number of rotatable bonds is 9. The Hall–Kier alpha value is -4.01. The first-order valence-electron chi connectivity index (χ1n) is 11.5. The lowest BCUT2D eigenvalue weighted by atomic mass is 10.0. The number of esters is 1.